The number of benzene rings is 1. The summed E-state index contributed by atoms with van der Waals surface area (Å²) >= 11 is 0. The van der Waals surface area contributed by atoms with Gasteiger partial charge in [0.15, 0.2) is 11.4 Å². The zero-order valence-corrected chi connectivity index (χ0v) is 17.4. The van der Waals surface area contributed by atoms with Gasteiger partial charge in [-0.2, -0.15) is 5.10 Å². The number of carbonyl (C=O) groups is 1. The Morgan fingerprint density at radius 3 is 2.71 bits per heavy atom. The zero-order chi connectivity index (χ0) is 20.1. The van der Waals surface area contributed by atoms with Crippen molar-refractivity contribution in [1.29, 1.82) is 0 Å². The van der Waals surface area contributed by atoms with Crippen molar-refractivity contribution >= 4 is 5.91 Å². The topological polar surface area (TPSA) is 56.6 Å². The molecule has 0 N–H and O–H groups in total. The maximum atomic E-state index is 13.4. The summed E-state index contributed by atoms with van der Waals surface area (Å²) in [6.45, 7) is 10.1. The lowest BCUT2D eigenvalue weighted by molar-refractivity contribution is -0.0777. The molecule has 0 radical (unpaired) electrons. The summed E-state index contributed by atoms with van der Waals surface area (Å²) in [4.78, 5) is 15.4. The van der Waals surface area contributed by atoms with Crippen molar-refractivity contribution in [3.8, 4) is 11.4 Å². The molecular weight excluding hydrogens is 354 g/mol. The molecule has 6 nitrogen and oxygen atoms in total. The monoisotopic (exact) mass is 385 g/mol. The Morgan fingerprint density at radius 2 is 2.07 bits per heavy atom. The van der Waals surface area contributed by atoms with E-state index in [1.807, 2.05) is 49.1 Å². The highest BCUT2D eigenvalue weighted by Gasteiger charge is 2.35. The van der Waals surface area contributed by atoms with Crippen molar-refractivity contribution in [1.82, 2.24) is 14.7 Å². The molecule has 1 aromatic heterocycles. The van der Waals surface area contributed by atoms with E-state index in [2.05, 4.69) is 18.9 Å². The largest absolute Gasteiger partial charge is 0.489 e. The fourth-order valence-electron chi connectivity index (χ4n) is 3.71. The lowest BCUT2D eigenvalue weighted by Crippen LogP contribution is -2.48. The Labute approximate surface area is 167 Å². The molecule has 1 amide bonds. The van der Waals surface area contributed by atoms with Gasteiger partial charge in [0, 0.05) is 19.2 Å². The van der Waals surface area contributed by atoms with Crippen LogP contribution in [0, 0.1) is 0 Å². The van der Waals surface area contributed by atoms with Gasteiger partial charge >= 0.3 is 0 Å². The first kappa shape index (κ1) is 20.4. The number of para-hydroxylation sites is 1. The average molecular weight is 386 g/mol. The van der Waals surface area contributed by atoms with Crippen molar-refractivity contribution in [3.63, 3.8) is 0 Å². The summed E-state index contributed by atoms with van der Waals surface area (Å²) in [6, 6.07) is 9.93. The van der Waals surface area contributed by atoms with E-state index in [0.29, 0.717) is 31.2 Å². The van der Waals surface area contributed by atoms with E-state index < -0.39 is 0 Å². The average Bonchev–Trinajstić information content (AvgIpc) is 3.11. The van der Waals surface area contributed by atoms with Crippen LogP contribution in [-0.4, -0.2) is 52.0 Å². The number of hydrogen-bond acceptors (Lipinski definition) is 4. The summed E-state index contributed by atoms with van der Waals surface area (Å²) in [7, 11) is 0. The van der Waals surface area contributed by atoms with E-state index in [9.17, 15) is 4.79 Å². The molecule has 1 aliphatic heterocycles. The van der Waals surface area contributed by atoms with E-state index in [4.69, 9.17) is 9.47 Å². The SMILES string of the molecule is CCCOc1cn(-c2ccccc2)nc1C(=O)N(CC)C1CCOC(C)(C)C1. The molecule has 2 heterocycles. The molecule has 2 aromatic rings. The summed E-state index contributed by atoms with van der Waals surface area (Å²) in [5.74, 6) is 0.464. The van der Waals surface area contributed by atoms with Crippen molar-refractivity contribution in [2.75, 3.05) is 19.8 Å². The predicted octanol–water partition coefficient (Wildman–Crippen LogP) is 4.08. The maximum Gasteiger partial charge on any atom is 0.278 e. The van der Waals surface area contributed by atoms with Crippen LogP contribution < -0.4 is 4.74 Å². The van der Waals surface area contributed by atoms with E-state index in [1.54, 1.807) is 10.9 Å². The highest BCUT2D eigenvalue weighted by Crippen LogP contribution is 2.30. The number of amides is 1. The fourth-order valence-corrected chi connectivity index (χ4v) is 3.71. The van der Waals surface area contributed by atoms with E-state index in [1.165, 1.54) is 0 Å². The number of carbonyl (C=O) groups excluding carboxylic acids is 1. The van der Waals surface area contributed by atoms with Crippen LogP contribution in [0.5, 0.6) is 5.75 Å². The van der Waals surface area contributed by atoms with Crippen LogP contribution >= 0.6 is 0 Å². The third-order valence-corrected chi connectivity index (χ3v) is 5.08. The van der Waals surface area contributed by atoms with Gasteiger partial charge in [-0.15, -0.1) is 0 Å². The van der Waals surface area contributed by atoms with Crippen LogP contribution in [0.3, 0.4) is 0 Å². The first-order valence-electron chi connectivity index (χ1n) is 10.2. The molecule has 0 bridgehead atoms. The first-order valence-corrected chi connectivity index (χ1v) is 10.2. The summed E-state index contributed by atoms with van der Waals surface area (Å²) in [5.41, 5.74) is 1.06. The molecule has 3 rings (SSSR count). The van der Waals surface area contributed by atoms with Gasteiger partial charge < -0.3 is 14.4 Å². The van der Waals surface area contributed by atoms with Crippen LogP contribution in [0.15, 0.2) is 36.5 Å². The van der Waals surface area contributed by atoms with Crippen LogP contribution in [0.4, 0.5) is 0 Å². The molecule has 6 heteroatoms. The molecule has 1 atom stereocenters. The highest BCUT2D eigenvalue weighted by molar-refractivity contribution is 5.95. The van der Waals surface area contributed by atoms with Gasteiger partial charge in [-0.25, -0.2) is 4.68 Å². The first-order chi connectivity index (χ1) is 13.4. The van der Waals surface area contributed by atoms with Gasteiger partial charge in [0.2, 0.25) is 0 Å². The molecule has 0 aliphatic carbocycles. The second-order valence-electron chi connectivity index (χ2n) is 7.82. The molecule has 1 aromatic carbocycles. The van der Waals surface area contributed by atoms with Gasteiger partial charge in [0.25, 0.3) is 5.91 Å². The summed E-state index contributed by atoms with van der Waals surface area (Å²) in [6.07, 6.45) is 4.33. The summed E-state index contributed by atoms with van der Waals surface area (Å²) in [5, 5.41) is 4.60. The Morgan fingerprint density at radius 1 is 1.32 bits per heavy atom. The van der Waals surface area contributed by atoms with Gasteiger partial charge in [0.1, 0.15) is 0 Å². The molecule has 1 saturated heterocycles. The van der Waals surface area contributed by atoms with Crippen molar-refractivity contribution in [2.45, 2.75) is 58.6 Å². The second kappa shape index (κ2) is 8.78. The Balaban J connectivity index is 1.90. The Hall–Kier alpha value is -2.34. The van der Waals surface area contributed by atoms with E-state index in [-0.39, 0.29) is 17.6 Å². The third-order valence-electron chi connectivity index (χ3n) is 5.08. The minimum absolute atomic E-state index is 0.0778. The second-order valence-corrected chi connectivity index (χ2v) is 7.82. The molecule has 1 fully saturated rings. The van der Waals surface area contributed by atoms with Crippen LogP contribution in [-0.2, 0) is 4.74 Å². The Kier molecular flexibility index (Phi) is 6.39. The van der Waals surface area contributed by atoms with Gasteiger partial charge in [0.05, 0.1) is 24.1 Å². The third kappa shape index (κ3) is 4.55. The number of hydrogen-bond donors (Lipinski definition) is 0. The van der Waals surface area contributed by atoms with Gasteiger partial charge in [-0.3, -0.25) is 4.79 Å². The number of rotatable bonds is 7. The quantitative estimate of drug-likeness (QED) is 0.721. The standard InChI is InChI=1S/C22H31N3O3/c1-5-13-27-19-16-25(17-10-8-7-9-11-17)23-20(19)21(26)24(6-2)18-12-14-28-22(3,4)15-18/h7-11,16,18H,5-6,12-15H2,1-4H3. The van der Waals surface area contributed by atoms with Crippen LogP contribution in [0.1, 0.15) is 57.4 Å². The minimum Gasteiger partial charge on any atom is -0.489 e. The smallest absolute Gasteiger partial charge is 0.278 e. The van der Waals surface area contributed by atoms with Crippen molar-refractivity contribution in [3.05, 3.63) is 42.2 Å². The molecule has 0 spiro atoms. The highest BCUT2D eigenvalue weighted by atomic mass is 16.5. The van der Waals surface area contributed by atoms with Crippen LogP contribution in [0.2, 0.25) is 0 Å². The summed E-state index contributed by atoms with van der Waals surface area (Å²) < 4.78 is 13.4. The van der Waals surface area contributed by atoms with E-state index in [0.717, 1.165) is 24.9 Å². The van der Waals surface area contributed by atoms with Crippen LogP contribution in [0.25, 0.3) is 5.69 Å². The number of nitrogens with zero attached hydrogens (tertiary/aromatic N) is 3. The molecule has 1 unspecified atom stereocenters. The molecule has 1 aliphatic rings. The predicted molar refractivity (Wildman–Crippen MR) is 109 cm³/mol. The van der Waals surface area contributed by atoms with Gasteiger partial charge in [-0.05, 0) is 52.2 Å². The normalized spacial score (nSPS) is 18.6. The number of aromatic nitrogens is 2. The molecule has 28 heavy (non-hydrogen) atoms. The minimum atomic E-state index is -0.221. The lowest BCUT2D eigenvalue weighted by Gasteiger charge is -2.40. The number of ether oxygens (including phenoxy) is 2. The van der Waals surface area contributed by atoms with Gasteiger partial charge in [-0.1, -0.05) is 25.1 Å². The zero-order valence-electron chi connectivity index (χ0n) is 17.4. The van der Waals surface area contributed by atoms with Crippen molar-refractivity contribution in [2.24, 2.45) is 0 Å². The Bertz CT molecular complexity index is 786. The lowest BCUT2D eigenvalue weighted by atomic mass is 9.92. The molecule has 0 saturated carbocycles. The van der Waals surface area contributed by atoms with Crippen molar-refractivity contribution < 1.29 is 14.3 Å². The maximum absolute atomic E-state index is 13.4. The molecule has 152 valence electrons. The van der Waals surface area contributed by atoms with E-state index >= 15 is 0 Å². The fraction of sp³-hybridized carbons (Fsp3) is 0.545. The molecular formula is C22H31N3O3.